The molecule has 21 heavy (non-hydrogen) atoms. The summed E-state index contributed by atoms with van der Waals surface area (Å²) in [7, 11) is -2.46. The van der Waals surface area contributed by atoms with Gasteiger partial charge >= 0.3 is 5.97 Å². The van der Waals surface area contributed by atoms with Crippen LogP contribution in [0.3, 0.4) is 0 Å². The molecule has 1 amide bonds. The lowest BCUT2D eigenvalue weighted by Crippen LogP contribution is -2.59. The topological polar surface area (TPSA) is 95.0 Å². The quantitative estimate of drug-likeness (QED) is 0.816. The van der Waals surface area contributed by atoms with Gasteiger partial charge in [0, 0.05) is 25.7 Å². The number of sulfonamides is 1. The molecule has 2 rings (SSSR count). The van der Waals surface area contributed by atoms with Gasteiger partial charge < -0.3 is 10.0 Å². The Morgan fingerprint density at radius 2 is 1.86 bits per heavy atom. The summed E-state index contributed by atoms with van der Waals surface area (Å²) in [5.74, 6) is -1.43. The minimum absolute atomic E-state index is 0.0834. The van der Waals surface area contributed by atoms with Gasteiger partial charge in [0.25, 0.3) is 5.91 Å². The van der Waals surface area contributed by atoms with Crippen LogP contribution in [0.4, 0.5) is 0 Å². The van der Waals surface area contributed by atoms with Gasteiger partial charge in [0.2, 0.25) is 10.0 Å². The van der Waals surface area contributed by atoms with Gasteiger partial charge in [-0.1, -0.05) is 18.2 Å². The Labute approximate surface area is 122 Å². The van der Waals surface area contributed by atoms with Crippen molar-refractivity contribution in [1.82, 2.24) is 9.21 Å². The van der Waals surface area contributed by atoms with E-state index in [1.54, 1.807) is 30.3 Å². The Balaban J connectivity index is 1.97. The van der Waals surface area contributed by atoms with Gasteiger partial charge in [-0.3, -0.25) is 9.59 Å². The van der Waals surface area contributed by atoms with Gasteiger partial charge in [0.15, 0.2) is 0 Å². The van der Waals surface area contributed by atoms with Crippen molar-refractivity contribution in [3.05, 3.63) is 35.9 Å². The first-order valence-corrected chi connectivity index (χ1v) is 7.84. The number of hydrogen-bond acceptors (Lipinski definition) is 4. The summed E-state index contributed by atoms with van der Waals surface area (Å²) in [5, 5.41) is 7.90. The number of likely N-dealkylation sites (N-methyl/N-ethyl adjacent to an activating group) is 1. The van der Waals surface area contributed by atoms with Crippen molar-refractivity contribution in [3.63, 3.8) is 0 Å². The number of carbonyl (C=O) groups excluding carboxylic acids is 1. The van der Waals surface area contributed by atoms with Crippen molar-refractivity contribution >= 4 is 21.9 Å². The first-order chi connectivity index (χ1) is 9.82. The number of rotatable bonds is 5. The zero-order valence-electron chi connectivity index (χ0n) is 11.5. The molecule has 0 atom stereocenters. The van der Waals surface area contributed by atoms with Gasteiger partial charge in [-0.25, -0.2) is 8.42 Å². The van der Waals surface area contributed by atoms with Gasteiger partial charge in [0.05, 0.1) is 0 Å². The summed E-state index contributed by atoms with van der Waals surface area (Å²) >= 11 is 0. The van der Waals surface area contributed by atoms with E-state index in [1.165, 1.54) is 11.9 Å². The average molecular weight is 312 g/mol. The van der Waals surface area contributed by atoms with Gasteiger partial charge in [0.1, 0.15) is 11.8 Å². The summed E-state index contributed by atoms with van der Waals surface area (Å²) in [5.41, 5.74) is 0.507. The van der Waals surface area contributed by atoms with E-state index in [2.05, 4.69) is 0 Å². The van der Waals surface area contributed by atoms with E-state index in [1.807, 2.05) is 0 Å². The van der Waals surface area contributed by atoms with Crippen molar-refractivity contribution in [2.24, 2.45) is 0 Å². The van der Waals surface area contributed by atoms with E-state index in [0.29, 0.717) is 5.56 Å². The number of nitrogens with zero attached hydrogens (tertiary/aromatic N) is 2. The first kappa shape index (κ1) is 15.5. The lowest BCUT2D eigenvalue weighted by Gasteiger charge is -2.40. The lowest BCUT2D eigenvalue weighted by molar-refractivity contribution is -0.137. The predicted octanol–water partition coefficient (Wildman–Crippen LogP) is -0.143. The second-order valence-electron chi connectivity index (χ2n) is 4.89. The second kappa shape index (κ2) is 5.82. The maximum absolute atomic E-state index is 12.1. The van der Waals surface area contributed by atoms with Gasteiger partial charge in [-0.2, -0.15) is 4.31 Å². The van der Waals surface area contributed by atoms with Crippen molar-refractivity contribution < 1.29 is 23.1 Å². The molecular formula is C13H16N2O5S. The molecule has 0 unspecified atom stereocenters. The monoisotopic (exact) mass is 312 g/mol. The predicted molar refractivity (Wildman–Crippen MR) is 75.3 cm³/mol. The van der Waals surface area contributed by atoms with Crippen molar-refractivity contribution in [1.29, 1.82) is 0 Å². The van der Waals surface area contributed by atoms with E-state index < -0.39 is 27.8 Å². The fraction of sp³-hybridized carbons (Fsp3) is 0.385. The number of amides is 1. The highest BCUT2D eigenvalue weighted by molar-refractivity contribution is 7.89. The highest BCUT2D eigenvalue weighted by atomic mass is 32.2. The van der Waals surface area contributed by atoms with Crippen LogP contribution in [0, 0.1) is 0 Å². The third-order valence-electron chi connectivity index (χ3n) is 3.37. The van der Waals surface area contributed by atoms with Crippen LogP contribution in [-0.2, 0) is 14.8 Å². The highest BCUT2D eigenvalue weighted by Gasteiger charge is 2.42. The van der Waals surface area contributed by atoms with E-state index in [9.17, 15) is 18.0 Å². The molecule has 1 aromatic rings. The van der Waals surface area contributed by atoms with Gasteiger partial charge in [-0.15, -0.1) is 0 Å². The highest BCUT2D eigenvalue weighted by Crippen LogP contribution is 2.21. The molecule has 1 aromatic carbocycles. The maximum Gasteiger partial charge on any atom is 0.318 e. The first-order valence-electron chi connectivity index (χ1n) is 6.33. The molecule has 1 N–H and O–H groups in total. The summed E-state index contributed by atoms with van der Waals surface area (Å²) in [4.78, 5) is 24.1. The molecule has 7 nitrogen and oxygen atoms in total. The molecule has 1 saturated heterocycles. The van der Waals surface area contributed by atoms with Crippen LogP contribution in [0.25, 0.3) is 0 Å². The summed E-state index contributed by atoms with van der Waals surface area (Å²) in [6.07, 6.45) is 0. The largest absolute Gasteiger partial charge is 0.480 e. The standard InChI is InChI=1S/C13H16N2O5S/c1-14(9-12(16)17)21(19,20)11-7-15(8-11)13(18)10-5-3-2-4-6-10/h2-6,11H,7-9H2,1H3,(H,16,17). The molecule has 0 aromatic heterocycles. The van der Waals surface area contributed by atoms with Crippen LogP contribution in [0.5, 0.6) is 0 Å². The Bertz CT molecular complexity index is 638. The van der Waals surface area contributed by atoms with Crippen LogP contribution in [0.2, 0.25) is 0 Å². The minimum atomic E-state index is -3.69. The molecular weight excluding hydrogens is 296 g/mol. The van der Waals surface area contributed by atoms with Gasteiger partial charge in [-0.05, 0) is 12.1 Å². The number of likely N-dealkylation sites (tertiary alicyclic amines) is 1. The molecule has 0 radical (unpaired) electrons. The van der Waals surface area contributed by atoms with E-state index in [-0.39, 0.29) is 19.0 Å². The molecule has 1 aliphatic heterocycles. The third-order valence-corrected chi connectivity index (χ3v) is 5.51. The van der Waals surface area contributed by atoms with E-state index in [4.69, 9.17) is 5.11 Å². The molecule has 1 fully saturated rings. The van der Waals surface area contributed by atoms with Crippen molar-refractivity contribution in [2.75, 3.05) is 26.7 Å². The fourth-order valence-electron chi connectivity index (χ4n) is 2.09. The number of hydrogen-bond donors (Lipinski definition) is 1. The maximum atomic E-state index is 12.1. The smallest absolute Gasteiger partial charge is 0.318 e. The van der Waals surface area contributed by atoms with Crippen LogP contribution in [0.15, 0.2) is 30.3 Å². The molecule has 0 aliphatic carbocycles. The average Bonchev–Trinajstić information content (AvgIpc) is 2.36. The molecule has 8 heteroatoms. The Kier molecular flexibility index (Phi) is 4.29. The van der Waals surface area contributed by atoms with Crippen molar-refractivity contribution in [3.8, 4) is 0 Å². The number of aliphatic carboxylic acids is 1. The molecule has 0 saturated carbocycles. The molecule has 1 aliphatic rings. The van der Waals surface area contributed by atoms with Crippen LogP contribution in [0.1, 0.15) is 10.4 Å². The number of carbonyl (C=O) groups is 2. The van der Waals surface area contributed by atoms with Crippen LogP contribution < -0.4 is 0 Å². The van der Waals surface area contributed by atoms with Crippen LogP contribution in [-0.4, -0.2) is 66.5 Å². The minimum Gasteiger partial charge on any atom is -0.480 e. The van der Waals surface area contributed by atoms with Crippen LogP contribution >= 0.6 is 0 Å². The van der Waals surface area contributed by atoms with E-state index >= 15 is 0 Å². The fourth-order valence-corrected chi connectivity index (χ4v) is 3.63. The second-order valence-corrected chi connectivity index (χ2v) is 7.21. The number of carboxylic acids is 1. The summed E-state index contributed by atoms with van der Waals surface area (Å²) < 4.78 is 25.0. The number of benzene rings is 1. The molecule has 0 bridgehead atoms. The Morgan fingerprint density at radius 1 is 1.29 bits per heavy atom. The Hall–Kier alpha value is -1.93. The molecule has 0 spiro atoms. The summed E-state index contributed by atoms with van der Waals surface area (Å²) in [6, 6.07) is 8.60. The number of carboxylic acid groups (broad SMARTS) is 1. The van der Waals surface area contributed by atoms with E-state index in [0.717, 1.165) is 4.31 Å². The Morgan fingerprint density at radius 3 is 2.38 bits per heavy atom. The zero-order valence-corrected chi connectivity index (χ0v) is 12.3. The lowest BCUT2D eigenvalue weighted by atomic mass is 10.1. The third kappa shape index (κ3) is 3.22. The summed E-state index contributed by atoms with van der Waals surface area (Å²) in [6.45, 7) is -0.411. The molecule has 114 valence electrons. The van der Waals surface area contributed by atoms with Crippen molar-refractivity contribution in [2.45, 2.75) is 5.25 Å². The zero-order chi connectivity index (χ0) is 15.6. The SMILES string of the molecule is CN(CC(=O)O)S(=O)(=O)C1CN(C(=O)c2ccccc2)C1. The normalized spacial score (nSPS) is 15.8. The molecule has 1 heterocycles.